The molecule has 0 aromatic heterocycles. The normalized spacial score (nSPS) is 23.4. The van der Waals surface area contributed by atoms with Gasteiger partial charge >= 0.3 is 0 Å². The van der Waals surface area contributed by atoms with E-state index in [-0.39, 0.29) is 5.91 Å². The number of hydrogen-bond acceptors (Lipinski definition) is 2. The van der Waals surface area contributed by atoms with Crippen LogP contribution in [0.15, 0.2) is 54.6 Å². The minimum atomic E-state index is -0.598. The van der Waals surface area contributed by atoms with Crippen molar-refractivity contribution in [2.24, 2.45) is 0 Å². The lowest BCUT2D eigenvalue weighted by molar-refractivity contribution is -0.125. The van der Waals surface area contributed by atoms with E-state index in [1.165, 1.54) is 5.56 Å². The van der Waals surface area contributed by atoms with E-state index in [1.54, 1.807) is 7.05 Å². The molecule has 0 bridgehead atoms. The number of likely N-dealkylation sites (N-methyl/N-ethyl adjacent to an activating group) is 1. The first-order valence-electron chi connectivity index (χ1n) is 8.15. The van der Waals surface area contributed by atoms with E-state index >= 15 is 0 Å². The Bertz CT molecular complexity index is 696. The van der Waals surface area contributed by atoms with E-state index in [9.17, 15) is 4.79 Å². The van der Waals surface area contributed by atoms with Gasteiger partial charge < -0.3 is 10.2 Å². The topological polar surface area (TPSA) is 32.3 Å². The summed E-state index contributed by atoms with van der Waals surface area (Å²) in [5, 5.41) is 2.91. The van der Waals surface area contributed by atoms with Crippen LogP contribution in [0.4, 0.5) is 0 Å². The highest BCUT2D eigenvalue weighted by Crippen LogP contribution is 2.47. The second-order valence-corrected chi connectivity index (χ2v) is 6.46. The molecule has 23 heavy (non-hydrogen) atoms. The number of rotatable bonds is 3. The zero-order chi connectivity index (χ0) is 16.4. The number of nitrogens with one attached hydrogen (secondary N) is 1. The second-order valence-electron chi connectivity index (χ2n) is 6.46. The monoisotopic (exact) mass is 308 g/mol. The van der Waals surface area contributed by atoms with Crippen LogP contribution >= 0.6 is 0 Å². The zero-order valence-corrected chi connectivity index (χ0v) is 14.0. The van der Waals surface area contributed by atoms with Crippen molar-refractivity contribution in [2.45, 2.75) is 24.3 Å². The second kappa shape index (κ2) is 6.17. The van der Waals surface area contributed by atoms with Gasteiger partial charge in [0.05, 0.1) is 5.41 Å². The molecule has 1 N–H and O–H groups in total. The maximum atomic E-state index is 13.0. The van der Waals surface area contributed by atoms with Crippen molar-refractivity contribution in [3.05, 3.63) is 71.3 Å². The Morgan fingerprint density at radius 2 is 1.74 bits per heavy atom. The molecule has 0 fully saturated rings. The summed E-state index contributed by atoms with van der Waals surface area (Å²) in [6.07, 6.45) is 1.78. The van der Waals surface area contributed by atoms with E-state index in [1.807, 2.05) is 24.3 Å². The van der Waals surface area contributed by atoms with Crippen LogP contribution in [0.25, 0.3) is 0 Å². The quantitative estimate of drug-likeness (QED) is 0.945. The molecule has 2 atom stereocenters. The SMILES string of the molecule is CNC(=O)C1(c2ccccc2)CCC(N(C)C)c2ccccc21. The van der Waals surface area contributed by atoms with Crippen LogP contribution in [0.5, 0.6) is 0 Å². The van der Waals surface area contributed by atoms with Crippen LogP contribution in [0.3, 0.4) is 0 Å². The average molecular weight is 308 g/mol. The predicted octanol–water partition coefficient (Wildman–Crippen LogP) is 3.12. The number of amides is 1. The van der Waals surface area contributed by atoms with Crippen molar-refractivity contribution in [3.63, 3.8) is 0 Å². The summed E-state index contributed by atoms with van der Waals surface area (Å²) in [6, 6.07) is 18.9. The molecule has 2 aromatic rings. The van der Waals surface area contributed by atoms with E-state index in [0.717, 1.165) is 24.0 Å². The highest BCUT2D eigenvalue weighted by atomic mass is 16.2. The van der Waals surface area contributed by atoms with Crippen molar-refractivity contribution in [2.75, 3.05) is 21.1 Å². The molecule has 1 amide bonds. The fourth-order valence-corrected chi connectivity index (χ4v) is 3.96. The van der Waals surface area contributed by atoms with Gasteiger partial charge in [0.2, 0.25) is 5.91 Å². The molecule has 2 unspecified atom stereocenters. The summed E-state index contributed by atoms with van der Waals surface area (Å²) in [5.74, 6) is 0.0772. The molecular weight excluding hydrogens is 284 g/mol. The Hall–Kier alpha value is -2.13. The molecule has 0 radical (unpaired) electrons. The number of fused-ring (bicyclic) bond motifs is 1. The van der Waals surface area contributed by atoms with Gasteiger partial charge in [-0.15, -0.1) is 0 Å². The lowest BCUT2D eigenvalue weighted by Gasteiger charge is -2.42. The molecule has 3 rings (SSSR count). The summed E-state index contributed by atoms with van der Waals surface area (Å²) in [4.78, 5) is 15.3. The fourth-order valence-electron chi connectivity index (χ4n) is 3.96. The van der Waals surface area contributed by atoms with Gasteiger partial charge in [-0.05, 0) is 43.6 Å². The zero-order valence-electron chi connectivity index (χ0n) is 14.0. The molecule has 3 nitrogen and oxygen atoms in total. The lowest BCUT2D eigenvalue weighted by Crippen LogP contribution is -2.47. The highest BCUT2D eigenvalue weighted by Gasteiger charge is 2.46. The fraction of sp³-hybridized carbons (Fsp3) is 0.350. The van der Waals surface area contributed by atoms with Gasteiger partial charge in [0.25, 0.3) is 0 Å². The van der Waals surface area contributed by atoms with Crippen LogP contribution in [-0.4, -0.2) is 32.0 Å². The molecule has 0 spiro atoms. The predicted molar refractivity (Wildman–Crippen MR) is 93.4 cm³/mol. The molecule has 1 aliphatic carbocycles. The van der Waals surface area contributed by atoms with Crippen molar-refractivity contribution >= 4 is 5.91 Å². The maximum absolute atomic E-state index is 13.0. The van der Waals surface area contributed by atoms with Crippen molar-refractivity contribution in [3.8, 4) is 0 Å². The number of nitrogens with zero attached hydrogens (tertiary/aromatic N) is 1. The molecule has 0 heterocycles. The molecule has 120 valence electrons. The largest absolute Gasteiger partial charge is 0.358 e. The summed E-state index contributed by atoms with van der Waals surface area (Å²) in [6.45, 7) is 0. The van der Waals surface area contributed by atoms with E-state index in [2.05, 4.69) is 54.6 Å². The van der Waals surface area contributed by atoms with E-state index in [0.29, 0.717) is 6.04 Å². The van der Waals surface area contributed by atoms with Gasteiger partial charge in [-0.2, -0.15) is 0 Å². The van der Waals surface area contributed by atoms with Gasteiger partial charge in [0, 0.05) is 13.1 Å². The summed E-state index contributed by atoms with van der Waals surface area (Å²) >= 11 is 0. The third-order valence-electron chi connectivity index (χ3n) is 5.08. The summed E-state index contributed by atoms with van der Waals surface area (Å²) in [5.41, 5.74) is 2.87. The van der Waals surface area contributed by atoms with Crippen LogP contribution in [-0.2, 0) is 10.2 Å². The number of carbonyl (C=O) groups is 1. The first kappa shape index (κ1) is 15.8. The van der Waals surface area contributed by atoms with Crippen LogP contribution in [0, 0.1) is 0 Å². The summed E-state index contributed by atoms with van der Waals surface area (Å²) in [7, 11) is 5.95. The van der Waals surface area contributed by atoms with Crippen molar-refractivity contribution in [1.29, 1.82) is 0 Å². The Labute approximate surface area is 138 Å². The van der Waals surface area contributed by atoms with E-state index in [4.69, 9.17) is 0 Å². The first-order chi connectivity index (χ1) is 11.1. The third kappa shape index (κ3) is 2.45. The van der Waals surface area contributed by atoms with Gasteiger partial charge in [0.15, 0.2) is 0 Å². The average Bonchev–Trinajstić information content (AvgIpc) is 2.60. The molecular formula is C20H24N2O. The minimum absolute atomic E-state index is 0.0772. The minimum Gasteiger partial charge on any atom is -0.358 e. The third-order valence-corrected chi connectivity index (χ3v) is 5.08. The molecule has 3 heteroatoms. The van der Waals surface area contributed by atoms with Crippen molar-refractivity contribution in [1.82, 2.24) is 10.2 Å². The summed E-state index contributed by atoms with van der Waals surface area (Å²) < 4.78 is 0. The molecule has 0 aliphatic heterocycles. The smallest absolute Gasteiger partial charge is 0.234 e. The standard InChI is InChI=1S/C20H24N2O/c1-21-19(23)20(15-9-5-4-6-10-15)14-13-18(22(2)3)16-11-7-8-12-17(16)20/h4-12,18H,13-14H2,1-3H3,(H,21,23). The van der Waals surface area contributed by atoms with Crippen LogP contribution in [0.1, 0.15) is 35.6 Å². The van der Waals surface area contributed by atoms with Gasteiger partial charge in [-0.1, -0.05) is 54.6 Å². The Kier molecular flexibility index (Phi) is 4.22. The molecule has 0 saturated heterocycles. The number of benzene rings is 2. The lowest BCUT2D eigenvalue weighted by atomic mass is 9.64. The Morgan fingerprint density at radius 1 is 1.09 bits per heavy atom. The number of hydrogen-bond donors (Lipinski definition) is 1. The maximum Gasteiger partial charge on any atom is 0.234 e. The van der Waals surface area contributed by atoms with Gasteiger partial charge in [-0.3, -0.25) is 4.79 Å². The molecule has 2 aromatic carbocycles. The Balaban J connectivity index is 2.25. The van der Waals surface area contributed by atoms with Gasteiger partial charge in [-0.25, -0.2) is 0 Å². The van der Waals surface area contributed by atoms with Crippen LogP contribution < -0.4 is 5.32 Å². The highest BCUT2D eigenvalue weighted by molar-refractivity contribution is 5.92. The number of carbonyl (C=O) groups excluding carboxylic acids is 1. The van der Waals surface area contributed by atoms with Gasteiger partial charge in [0.1, 0.15) is 0 Å². The van der Waals surface area contributed by atoms with Crippen molar-refractivity contribution < 1.29 is 4.79 Å². The van der Waals surface area contributed by atoms with E-state index < -0.39 is 5.41 Å². The molecule has 1 aliphatic rings. The first-order valence-corrected chi connectivity index (χ1v) is 8.15. The van der Waals surface area contributed by atoms with Crippen LogP contribution in [0.2, 0.25) is 0 Å². The Morgan fingerprint density at radius 3 is 2.39 bits per heavy atom. The molecule has 0 saturated carbocycles.